The molecule has 0 bridgehead atoms. The number of hydrogen-bond donors (Lipinski definition) is 1. The molecular formula is C10H11ClN4O. The summed E-state index contributed by atoms with van der Waals surface area (Å²) in [5.74, 6) is 0. The number of nitrogens with one attached hydrogen (secondary N) is 1. The molecule has 16 heavy (non-hydrogen) atoms. The SMILES string of the molecule is CCNc1cn(-c2ccc[n+]([O-])c2)nc1Cl. The minimum Gasteiger partial charge on any atom is -0.619 e. The van der Waals surface area contributed by atoms with E-state index in [0.29, 0.717) is 10.8 Å². The number of halogens is 1. The van der Waals surface area contributed by atoms with Gasteiger partial charge in [0.1, 0.15) is 5.69 Å². The summed E-state index contributed by atoms with van der Waals surface area (Å²) in [6.07, 6.45) is 4.60. The first-order valence-electron chi connectivity index (χ1n) is 4.89. The summed E-state index contributed by atoms with van der Waals surface area (Å²) in [4.78, 5) is 0. The van der Waals surface area contributed by atoms with Crippen molar-refractivity contribution in [1.29, 1.82) is 0 Å². The first kappa shape index (κ1) is 10.8. The molecule has 0 radical (unpaired) electrons. The molecule has 6 heteroatoms. The van der Waals surface area contributed by atoms with Crippen LogP contribution < -0.4 is 10.0 Å². The molecule has 1 N–H and O–H groups in total. The van der Waals surface area contributed by atoms with Crippen molar-refractivity contribution in [2.75, 3.05) is 11.9 Å². The van der Waals surface area contributed by atoms with Crippen LogP contribution in [0.2, 0.25) is 5.15 Å². The first-order chi connectivity index (χ1) is 7.70. The van der Waals surface area contributed by atoms with Crippen LogP contribution in [0.25, 0.3) is 5.69 Å². The van der Waals surface area contributed by atoms with E-state index < -0.39 is 0 Å². The lowest BCUT2D eigenvalue weighted by atomic mass is 10.4. The van der Waals surface area contributed by atoms with Gasteiger partial charge in [-0.1, -0.05) is 11.6 Å². The molecule has 0 aliphatic heterocycles. The summed E-state index contributed by atoms with van der Waals surface area (Å²) in [7, 11) is 0. The van der Waals surface area contributed by atoms with Crippen molar-refractivity contribution in [3.05, 3.63) is 41.1 Å². The Morgan fingerprint density at radius 3 is 3.12 bits per heavy atom. The third-order valence-electron chi connectivity index (χ3n) is 2.06. The molecule has 0 amide bonds. The Balaban J connectivity index is 2.37. The topological polar surface area (TPSA) is 56.8 Å². The number of hydrogen-bond acceptors (Lipinski definition) is 3. The van der Waals surface area contributed by atoms with Gasteiger partial charge in [0, 0.05) is 12.6 Å². The minimum absolute atomic E-state index is 0.392. The largest absolute Gasteiger partial charge is 0.619 e. The summed E-state index contributed by atoms with van der Waals surface area (Å²) in [6.45, 7) is 2.74. The molecular weight excluding hydrogens is 228 g/mol. The third-order valence-corrected chi connectivity index (χ3v) is 2.34. The van der Waals surface area contributed by atoms with E-state index in [-0.39, 0.29) is 0 Å². The van der Waals surface area contributed by atoms with E-state index in [1.807, 2.05) is 6.92 Å². The van der Waals surface area contributed by atoms with Gasteiger partial charge in [0.2, 0.25) is 6.20 Å². The number of nitrogens with zero attached hydrogens (tertiary/aromatic N) is 3. The molecule has 0 aliphatic rings. The smallest absolute Gasteiger partial charge is 0.206 e. The molecule has 5 nitrogen and oxygen atoms in total. The summed E-state index contributed by atoms with van der Waals surface area (Å²) in [5, 5.41) is 18.7. The molecule has 2 aromatic heterocycles. The standard InChI is InChI=1S/C10H11ClN4O/c1-2-12-9-7-15(13-10(9)11)8-4-3-5-14(16)6-8/h3-7,12H,2H2,1H3. The zero-order valence-electron chi connectivity index (χ0n) is 8.72. The van der Waals surface area contributed by atoms with Gasteiger partial charge in [0.05, 0.1) is 11.9 Å². The average Bonchev–Trinajstić information content (AvgIpc) is 2.61. The van der Waals surface area contributed by atoms with Gasteiger partial charge in [-0.05, 0) is 13.0 Å². The molecule has 2 rings (SSSR count). The predicted molar refractivity (Wildman–Crippen MR) is 61.7 cm³/mol. The highest BCUT2D eigenvalue weighted by atomic mass is 35.5. The normalized spacial score (nSPS) is 10.4. The van der Waals surface area contributed by atoms with Crippen LogP contribution in [0.3, 0.4) is 0 Å². The van der Waals surface area contributed by atoms with Crippen LogP contribution >= 0.6 is 11.6 Å². The van der Waals surface area contributed by atoms with E-state index in [4.69, 9.17) is 11.6 Å². The van der Waals surface area contributed by atoms with Crippen LogP contribution in [-0.4, -0.2) is 16.3 Å². The molecule has 84 valence electrons. The van der Waals surface area contributed by atoms with E-state index in [0.717, 1.165) is 17.0 Å². The van der Waals surface area contributed by atoms with E-state index >= 15 is 0 Å². The maximum Gasteiger partial charge on any atom is 0.206 e. The van der Waals surface area contributed by atoms with Gasteiger partial charge in [-0.25, -0.2) is 4.68 Å². The number of aromatic nitrogens is 3. The van der Waals surface area contributed by atoms with Gasteiger partial charge in [-0.2, -0.15) is 9.83 Å². The maximum absolute atomic E-state index is 11.1. The number of rotatable bonds is 3. The fourth-order valence-electron chi connectivity index (χ4n) is 1.37. The van der Waals surface area contributed by atoms with Crippen LogP contribution in [0.4, 0.5) is 5.69 Å². The van der Waals surface area contributed by atoms with Gasteiger partial charge in [-0.15, -0.1) is 0 Å². The molecule has 0 saturated heterocycles. The van der Waals surface area contributed by atoms with Gasteiger partial charge >= 0.3 is 0 Å². The van der Waals surface area contributed by atoms with Gasteiger partial charge in [-0.3, -0.25) is 0 Å². The minimum atomic E-state index is 0.392. The van der Waals surface area contributed by atoms with Crippen molar-refractivity contribution in [3.8, 4) is 5.69 Å². The Morgan fingerprint density at radius 2 is 2.44 bits per heavy atom. The van der Waals surface area contributed by atoms with Crippen molar-refractivity contribution in [2.45, 2.75) is 6.92 Å². The highest BCUT2D eigenvalue weighted by Crippen LogP contribution is 2.20. The van der Waals surface area contributed by atoms with Crippen molar-refractivity contribution in [1.82, 2.24) is 9.78 Å². The molecule has 2 aromatic rings. The molecule has 0 spiro atoms. The van der Waals surface area contributed by atoms with E-state index in [1.165, 1.54) is 12.4 Å². The highest BCUT2D eigenvalue weighted by Gasteiger charge is 2.08. The third kappa shape index (κ3) is 2.09. The van der Waals surface area contributed by atoms with E-state index in [1.54, 1.807) is 23.0 Å². The molecule has 0 saturated carbocycles. The highest BCUT2D eigenvalue weighted by molar-refractivity contribution is 6.32. The van der Waals surface area contributed by atoms with E-state index in [9.17, 15) is 5.21 Å². The average molecular weight is 239 g/mol. The predicted octanol–water partition coefficient (Wildman–Crippen LogP) is 1.59. The second-order valence-electron chi connectivity index (χ2n) is 3.23. The lowest BCUT2D eigenvalue weighted by Gasteiger charge is -2.00. The van der Waals surface area contributed by atoms with Gasteiger partial charge in [0.15, 0.2) is 11.3 Å². The Kier molecular flexibility index (Phi) is 2.96. The van der Waals surface area contributed by atoms with Crippen LogP contribution in [-0.2, 0) is 0 Å². The van der Waals surface area contributed by atoms with Crippen molar-refractivity contribution in [3.63, 3.8) is 0 Å². The fourth-order valence-corrected chi connectivity index (χ4v) is 1.57. The Morgan fingerprint density at radius 1 is 1.62 bits per heavy atom. The molecule has 0 aromatic carbocycles. The second-order valence-corrected chi connectivity index (χ2v) is 3.59. The Bertz CT molecular complexity index is 497. The lowest BCUT2D eigenvalue weighted by molar-refractivity contribution is -0.605. The maximum atomic E-state index is 11.1. The summed E-state index contributed by atoms with van der Waals surface area (Å²) in [5.41, 5.74) is 1.43. The molecule has 0 fully saturated rings. The molecule has 2 heterocycles. The number of pyridine rings is 1. The first-order valence-corrected chi connectivity index (χ1v) is 5.26. The fraction of sp³-hybridized carbons (Fsp3) is 0.200. The monoisotopic (exact) mass is 238 g/mol. The van der Waals surface area contributed by atoms with Crippen molar-refractivity contribution < 1.29 is 4.73 Å². The summed E-state index contributed by atoms with van der Waals surface area (Å²) >= 11 is 5.93. The van der Waals surface area contributed by atoms with Crippen LogP contribution in [0.5, 0.6) is 0 Å². The number of anilines is 1. The second kappa shape index (κ2) is 4.40. The van der Waals surface area contributed by atoms with E-state index in [2.05, 4.69) is 10.4 Å². The zero-order valence-corrected chi connectivity index (χ0v) is 9.48. The van der Waals surface area contributed by atoms with Gasteiger partial charge in [0.25, 0.3) is 0 Å². The van der Waals surface area contributed by atoms with Gasteiger partial charge < -0.3 is 10.5 Å². The quantitative estimate of drug-likeness (QED) is 0.653. The Labute approximate surface area is 97.9 Å². The summed E-state index contributed by atoms with van der Waals surface area (Å²) in [6, 6.07) is 3.44. The van der Waals surface area contributed by atoms with Crippen LogP contribution in [0.1, 0.15) is 6.92 Å². The zero-order chi connectivity index (χ0) is 11.5. The molecule has 0 atom stereocenters. The van der Waals surface area contributed by atoms with Crippen LogP contribution in [0.15, 0.2) is 30.7 Å². The Hall–Kier alpha value is -1.75. The molecule has 0 aliphatic carbocycles. The van der Waals surface area contributed by atoms with Crippen molar-refractivity contribution >= 4 is 17.3 Å². The van der Waals surface area contributed by atoms with Crippen LogP contribution in [0, 0.1) is 5.21 Å². The molecule has 0 unspecified atom stereocenters. The summed E-state index contributed by atoms with van der Waals surface area (Å²) < 4.78 is 2.28. The lowest BCUT2D eigenvalue weighted by Crippen LogP contribution is -2.25. The van der Waals surface area contributed by atoms with Crippen molar-refractivity contribution in [2.24, 2.45) is 0 Å².